The van der Waals surface area contributed by atoms with E-state index in [4.69, 9.17) is 4.74 Å². The van der Waals surface area contributed by atoms with Gasteiger partial charge in [-0.1, -0.05) is 30.3 Å². The summed E-state index contributed by atoms with van der Waals surface area (Å²) in [6.45, 7) is 0.703. The fourth-order valence-electron chi connectivity index (χ4n) is 2.09. The van der Waals surface area contributed by atoms with Gasteiger partial charge in [-0.25, -0.2) is 0 Å². The lowest BCUT2D eigenvalue weighted by Crippen LogP contribution is -1.95. The molecule has 0 aliphatic carbocycles. The normalized spacial score (nSPS) is 17.7. The van der Waals surface area contributed by atoms with E-state index in [-0.39, 0.29) is 17.6 Å². The van der Waals surface area contributed by atoms with Gasteiger partial charge in [0.15, 0.2) is 0 Å². The van der Waals surface area contributed by atoms with Crippen LogP contribution in [-0.2, 0) is 11.2 Å². The van der Waals surface area contributed by atoms with Crippen LogP contribution in [0.1, 0.15) is 5.56 Å². The molecule has 2 aromatic rings. The predicted molar refractivity (Wildman–Crippen MR) is 68.7 cm³/mol. The van der Waals surface area contributed by atoms with E-state index in [1.165, 1.54) is 0 Å². The molecule has 0 amide bonds. The highest BCUT2D eigenvalue weighted by atomic mass is 16.6. The molecule has 0 saturated carbocycles. The minimum Gasteiger partial charge on any atom is -0.508 e. The third-order valence-electron chi connectivity index (χ3n) is 3.18. The number of phenolic OH excluding ortho intramolecular Hbond substituents is 2. The average Bonchev–Trinajstić information content (AvgIpc) is 3.20. The van der Waals surface area contributed by atoms with Crippen molar-refractivity contribution < 1.29 is 14.9 Å². The maximum absolute atomic E-state index is 10.3. The molecule has 3 rings (SSSR count). The lowest BCUT2D eigenvalue weighted by molar-refractivity contribution is 0.393. The molecular weight excluding hydrogens is 228 g/mol. The third-order valence-corrected chi connectivity index (χ3v) is 3.18. The van der Waals surface area contributed by atoms with Crippen molar-refractivity contribution in [1.82, 2.24) is 0 Å². The Kier molecular flexibility index (Phi) is 2.68. The summed E-state index contributed by atoms with van der Waals surface area (Å²) in [5.41, 5.74) is 2.25. The van der Waals surface area contributed by atoms with Gasteiger partial charge >= 0.3 is 0 Å². The fraction of sp³-hybridized carbons (Fsp3) is 0.200. The number of phenols is 2. The maximum Gasteiger partial charge on any atom is 0.130 e. The number of epoxide rings is 1. The molecule has 0 bridgehead atoms. The third kappa shape index (κ3) is 2.05. The van der Waals surface area contributed by atoms with E-state index >= 15 is 0 Å². The van der Waals surface area contributed by atoms with Crippen LogP contribution < -0.4 is 0 Å². The van der Waals surface area contributed by atoms with Crippen molar-refractivity contribution in [3.8, 4) is 22.6 Å². The molecule has 1 saturated heterocycles. The second kappa shape index (κ2) is 4.35. The van der Waals surface area contributed by atoms with Gasteiger partial charge in [-0.2, -0.15) is 0 Å². The van der Waals surface area contributed by atoms with Crippen LogP contribution in [0.5, 0.6) is 11.5 Å². The summed E-state index contributed by atoms with van der Waals surface area (Å²) in [7, 11) is 0. The zero-order valence-corrected chi connectivity index (χ0v) is 9.84. The van der Waals surface area contributed by atoms with E-state index < -0.39 is 0 Å². The first kappa shape index (κ1) is 11.1. The smallest absolute Gasteiger partial charge is 0.130 e. The average molecular weight is 242 g/mol. The number of ether oxygens (including phenoxy) is 1. The summed E-state index contributed by atoms with van der Waals surface area (Å²) in [6.07, 6.45) is 0.686. The van der Waals surface area contributed by atoms with Crippen molar-refractivity contribution in [1.29, 1.82) is 0 Å². The minimum absolute atomic E-state index is 0.127. The molecule has 0 aromatic heterocycles. The molecule has 1 fully saturated rings. The predicted octanol–water partition coefficient (Wildman–Crippen LogP) is 2.71. The highest BCUT2D eigenvalue weighted by Crippen LogP contribution is 2.38. The molecule has 3 nitrogen and oxygen atoms in total. The topological polar surface area (TPSA) is 53.0 Å². The minimum atomic E-state index is 0.127. The Balaban J connectivity index is 2.05. The molecule has 0 unspecified atom stereocenters. The Hall–Kier alpha value is -2.00. The maximum atomic E-state index is 10.3. The van der Waals surface area contributed by atoms with Gasteiger partial charge in [-0.15, -0.1) is 0 Å². The van der Waals surface area contributed by atoms with E-state index in [0.717, 1.165) is 11.1 Å². The van der Waals surface area contributed by atoms with E-state index in [9.17, 15) is 10.2 Å². The Morgan fingerprint density at radius 2 is 1.78 bits per heavy atom. The largest absolute Gasteiger partial charge is 0.508 e. The van der Waals surface area contributed by atoms with Gasteiger partial charge in [-0.05, 0) is 17.7 Å². The first-order valence-electron chi connectivity index (χ1n) is 5.96. The van der Waals surface area contributed by atoms with Crippen LogP contribution in [0, 0.1) is 0 Å². The Morgan fingerprint density at radius 3 is 2.44 bits per heavy atom. The van der Waals surface area contributed by atoms with E-state index in [1.807, 2.05) is 30.3 Å². The van der Waals surface area contributed by atoms with Gasteiger partial charge in [0, 0.05) is 17.5 Å². The van der Waals surface area contributed by atoms with Crippen LogP contribution >= 0.6 is 0 Å². The Morgan fingerprint density at radius 1 is 1.06 bits per heavy atom. The zero-order chi connectivity index (χ0) is 12.5. The Bertz CT molecular complexity index is 559. The molecule has 2 N–H and O–H groups in total. The van der Waals surface area contributed by atoms with Gasteiger partial charge in [0.25, 0.3) is 0 Å². The summed E-state index contributed by atoms with van der Waals surface area (Å²) in [4.78, 5) is 0. The highest BCUT2D eigenvalue weighted by molar-refractivity contribution is 5.73. The number of benzene rings is 2. The number of rotatable bonds is 3. The molecule has 3 heteroatoms. The van der Waals surface area contributed by atoms with Crippen molar-refractivity contribution in [2.75, 3.05) is 6.61 Å². The van der Waals surface area contributed by atoms with E-state index in [2.05, 4.69) is 0 Å². The van der Waals surface area contributed by atoms with Gasteiger partial charge in [0.2, 0.25) is 0 Å². The molecule has 18 heavy (non-hydrogen) atoms. The van der Waals surface area contributed by atoms with Crippen molar-refractivity contribution in [3.05, 3.63) is 48.0 Å². The molecule has 92 valence electrons. The molecule has 0 spiro atoms. The second-order valence-corrected chi connectivity index (χ2v) is 4.48. The van der Waals surface area contributed by atoms with Crippen LogP contribution in [0.3, 0.4) is 0 Å². The first-order valence-corrected chi connectivity index (χ1v) is 5.96. The summed E-state index contributed by atoms with van der Waals surface area (Å²) in [5.74, 6) is 0.277. The molecule has 1 aliphatic rings. The SMILES string of the molecule is Oc1ccc(-c2ccccc2)c(O)c1C[C@@H]1CO1. The number of hydrogen-bond acceptors (Lipinski definition) is 3. The first-order chi connectivity index (χ1) is 8.75. The van der Waals surface area contributed by atoms with Crippen LogP contribution in [-0.4, -0.2) is 22.9 Å². The highest BCUT2D eigenvalue weighted by Gasteiger charge is 2.26. The van der Waals surface area contributed by atoms with Crippen molar-refractivity contribution >= 4 is 0 Å². The van der Waals surface area contributed by atoms with Crippen LogP contribution in [0.4, 0.5) is 0 Å². The number of aromatic hydroxyl groups is 2. The van der Waals surface area contributed by atoms with Crippen molar-refractivity contribution in [2.24, 2.45) is 0 Å². The zero-order valence-electron chi connectivity index (χ0n) is 9.84. The lowest BCUT2D eigenvalue weighted by atomic mass is 9.98. The van der Waals surface area contributed by atoms with E-state index in [1.54, 1.807) is 12.1 Å². The molecule has 1 heterocycles. The van der Waals surface area contributed by atoms with E-state index in [0.29, 0.717) is 18.6 Å². The molecule has 0 radical (unpaired) electrons. The van der Waals surface area contributed by atoms with Crippen molar-refractivity contribution in [3.63, 3.8) is 0 Å². The summed E-state index contributed by atoms with van der Waals surface area (Å²) < 4.78 is 5.15. The quantitative estimate of drug-likeness (QED) is 0.814. The summed E-state index contributed by atoms with van der Waals surface area (Å²) in [5, 5.41) is 20.1. The van der Waals surface area contributed by atoms with Crippen LogP contribution in [0.2, 0.25) is 0 Å². The fourth-order valence-corrected chi connectivity index (χ4v) is 2.09. The molecule has 1 aliphatic heterocycles. The van der Waals surface area contributed by atoms with Gasteiger partial charge in [0.1, 0.15) is 11.5 Å². The molecule has 1 atom stereocenters. The monoisotopic (exact) mass is 242 g/mol. The lowest BCUT2D eigenvalue weighted by Gasteiger charge is -2.11. The van der Waals surface area contributed by atoms with Gasteiger partial charge in [-0.3, -0.25) is 0 Å². The van der Waals surface area contributed by atoms with Gasteiger partial charge in [0.05, 0.1) is 12.7 Å². The van der Waals surface area contributed by atoms with Crippen molar-refractivity contribution in [2.45, 2.75) is 12.5 Å². The standard InChI is InChI=1S/C15H14O3/c16-14-7-6-12(10-4-2-1-3-5-10)15(17)13(14)8-11-9-18-11/h1-7,11,16-17H,8-9H2/t11-/m1/s1. The van der Waals surface area contributed by atoms with Crippen LogP contribution in [0.15, 0.2) is 42.5 Å². The Labute approximate surface area is 105 Å². The van der Waals surface area contributed by atoms with Gasteiger partial charge < -0.3 is 14.9 Å². The number of hydrogen-bond donors (Lipinski definition) is 2. The summed E-state index contributed by atoms with van der Waals surface area (Å²) >= 11 is 0. The van der Waals surface area contributed by atoms with Crippen LogP contribution in [0.25, 0.3) is 11.1 Å². The molecular formula is C15H14O3. The molecule has 2 aromatic carbocycles. The summed E-state index contributed by atoms with van der Waals surface area (Å²) in [6, 6.07) is 13.0. The second-order valence-electron chi connectivity index (χ2n) is 4.48.